The Morgan fingerprint density at radius 1 is 1.30 bits per heavy atom. The van der Waals surface area contributed by atoms with Gasteiger partial charge in [-0.05, 0) is 36.4 Å². The van der Waals surface area contributed by atoms with E-state index >= 15 is 0 Å². The second-order valence-electron chi connectivity index (χ2n) is 4.02. The molecule has 0 aromatic heterocycles. The smallest absolute Gasteiger partial charge is 0.173 e. The Kier molecular flexibility index (Phi) is 5.20. The zero-order valence-electron chi connectivity index (χ0n) is 10.7. The zero-order chi connectivity index (χ0) is 14.5. The van der Waals surface area contributed by atoms with Crippen molar-refractivity contribution in [2.24, 2.45) is 0 Å². The van der Waals surface area contributed by atoms with Crippen molar-refractivity contribution in [2.75, 3.05) is 12.9 Å². The Hall–Kier alpha value is -1.33. The first-order chi connectivity index (χ1) is 9.60. The van der Waals surface area contributed by atoms with Gasteiger partial charge >= 0.3 is 0 Å². The number of carbonyl (C=O) groups is 1. The summed E-state index contributed by atoms with van der Waals surface area (Å²) in [5.41, 5.74) is 0.353. The number of Topliss-reactive ketones (excluding diaryl/α,β-unsaturated/α-hetero) is 1. The number of rotatable bonds is 5. The summed E-state index contributed by atoms with van der Waals surface area (Å²) in [4.78, 5) is 13.0. The molecule has 0 aliphatic rings. The van der Waals surface area contributed by atoms with Gasteiger partial charge in [-0.1, -0.05) is 22.0 Å². The van der Waals surface area contributed by atoms with Gasteiger partial charge in [0.2, 0.25) is 0 Å². The Bertz CT molecular complexity index is 631. The van der Waals surface area contributed by atoms with Gasteiger partial charge in [0, 0.05) is 14.9 Å². The van der Waals surface area contributed by atoms with Crippen LogP contribution in [0.4, 0.5) is 4.39 Å². The molecular weight excluding hydrogens is 343 g/mol. The van der Waals surface area contributed by atoms with Crippen LogP contribution < -0.4 is 4.74 Å². The molecule has 0 saturated heterocycles. The molecule has 20 heavy (non-hydrogen) atoms. The summed E-state index contributed by atoms with van der Waals surface area (Å²) in [5, 5.41) is 0. The molecular formula is C15H12BrFO2S. The minimum atomic E-state index is -0.522. The Morgan fingerprint density at radius 3 is 2.75 bits per heavy atom. The first kappa shape index (κ1) is 15.1. The van der Waals surface area contributed by atoms with Crippen LogP contribution in [-0.2, 0) is 0 Å². The van der Waals surface area contributed by atoms with E-state index in [-0.39, 0.29) is 17.3 Å². The third kappa shape index (κ3) is 3.84. The molecule has 0 spiro atoms. The molecule has 0 unspecified atom stereocenters. The molecule has 0 radical (unpaired) electrons. The van der Waals surface area contributed by atoms with Gasteiger partial charge in [-0.25, -0.2) is 4.39 Å². The number of benzene rings is 2. The number of thioether (sulfide) groups is 1. The summed E-state index contributed by atoms with van der Waals surface area (Å²) in [6.45, 7) is 0. The fourth-order valence-electron chi connectivity index (χ4n) is 1.63. The highest BCUT2D eigenvalue weighted by Gasteiger charge is 2.10. The highest BCUT2D eigenvalue weighted by atomic mass is 79.9. The van der Waals surface area contributed by atoms with E-state index in [2.05, 4.69) is 15.9 Å². The lowest BCUT2D eigenvalue weighted by Crippen LogP contribution is -2.03. The van der Waals surface area contributed by atoms with E-state index in [9.17, 15) is 9.18 Å². The standard InChI is InChI=1S/C15H12BrFO2S/c1-19-15-6-5-10(7-13(15)17)14(18)9-20-12-4-2-3-11(16)8-12/h2-8H,9H2,1H3. The maximum atomic E-state index is 13.5. The number of halogens is 2. The van der Waals surface area contributed by atoms with Crippen molar-refractivity contribution in [3.8, 4) is 5.75 Å². The fourth-order valence-corrected chi connectivity index (χ4v) is 3.03. The molecule has 2 nitrogen and oxygen atoms in total. The number of ether oxygens (including phenoxy) is 1. The lowest BCUT2D eigenvalue weighted by molar-refractivity contribution is 0.102. The third-order valence-corrected chi connectivity index (χ3v) is 4.13. The average molecular weight is 355 g/mol. The molecule has 0 fully saturated rings. The molecule has 2 aromatic rings. The zero-order valence-corrected chi connectivity index (χ0v) is 13.1. The van der Waals surface area contributed by atoms with Gasteiger partial charge in [0.15, 0.2) is 17.3 Å². The van der Waals surface area contributed by atoms with Gasteiger partial charge in [0.1, 0.15) is 0 Å². The molecule has 0 amide bonds. The Morgan fingerprint density at radius 2 is 2.10 bits per heavy atom. The number of ketones is 1. The van der Waals surface area contributed by atoms with Crippen molar-refractivity contribution in [2.45, 2.75) is 4.90 Å². The van der Waals surface area contributed by atoms with Gasteiger partial charge in [-0.15, -0.1) is 11.8 Å². The van der Waals surface area contributed by atoms with E-state index < -0.39 is 5.82 Å². The second kappa shape index (κ2) is 6.90. The summed E-state index contributed by atoms with van der Waals surface area (Å²) >= 11 is 4.80. The molecule has 5 heteroatoms. The minimum Gasteiger partial charge on any atom is -0.494 e. The van der Waals surface area contributed by atoms with Crippen molar-refractivity contribution in [1.82, 2.24) is 0 Å². The molecule has 0 N–H and O–H groups in total. The monoisotopic (exact) mass is 354 g/mol. The van der Waals surface area contributed by atoms with Crippen LogP contribution in [-0.4, -0.2) is 18.6 Å². The van der Waals surface area contributed by atoms with Crippen LogP contribution >= 0.6 is 27.7 Å². The number of carbonyl (C=O) groups excluding carboxylic acids is 1. The Balaban J connectivity index is 2.03. The third-order valence-electron chi connectivity index (χ3n) is 2.64. The maximum Gasteiger partial charge on any atom is 0.173 e. The first-order valence-corrected chi connectivity index (χ1v) is 7.63. The molecule has 0 aliphatic heterocycles. The van der Waals surface area contributed by atoms with E-state index in [4.69, 9.17) is 4.74 Å². The quantitative estimate of drug-likeness (QED) is 0.581. The fraction of sp³-hybridized carbons (Fsp3) is 0.133. The van der Waals surface area contributed by atoms with Crippen LogP contribution in [0.2, 0.25) is 0 Å². The second-order valence-corrected chi connectivity index (χ2v) is 5.98. The molecule has 2 aromatic carbocycles. The van der Waals surface area contributed by atoms with E-state index in [1.807, 2.05) is 24.3 Å². The molecule has 0 aliphatic carbocycles. The van der Waals surface area contributed by atoms with Crippen molar-refractivity contribution in [3.05, 3.63) is 58.3 Å². The van der Waals surface area contributed by atoms with Crippen molar-refractivity contribution in [1.29, 1.82) is 0 Å². The number of hydrogen-bond acceptors (Lipinski definition) is 3. The minimum absolute atomic E-state index is 0.114. The summed E-state index contributed by atoms with van der Waals surface area (Å²) in [6.07, 6.45) is 0. The van der Waals surface area contributed by atoms with Crippen LogP contribution in [0, 0.1) is 5.82 Å². The van der Waals surface area contributed by atoms with Gasteiger partial charge in [-0.3, -0.25) is 4.79 Å². The summed E-state index contributed by atoms with van der Waals surface area (Å²) in [5.74, 6) is -0.231. The molecule has 0 saturated carbocycles. The molecule has 0 bridgehead atoms. The molecule has 0 heterocycles. The van der Waals surface area contributed by atoms with Crippen LogP contribution in [0.15, 0.2) is 51.8 Å². The summed E-state index contributed by atoms with van der Waals surface area (Å²) < 4.78 is 19.3. The van der Waals surface area contributed by atoms with Crippen molar-refractivity contribution < 1.29 is 13.9 Å². The number of hydrogen-bond donors (Lipinski definition) is 0. The predicted molar refractivity (Wildman–Crippen MR) is 82.1 cm³/mol. The lowest BCUT2D eigenvalue weighted by Gasteiger charge is -2.05. The molecule has 0 atom stereocenters. The lowest BCUT2D eigenvalue weighted by atomic mass is 10.1. The highest BCUT2D eigenvalue weighted by molar-refractivity contribution is 9.10. The van der Waals surface area contributed by atoms with E-state index in [1.165, 1.54) is 31.0 Å². The first-order valence-electron chi connectivity index (χ1n) is 5.85. The van der Waals surface area contributed by atoms with Crippen LogP contribution in [0.3, 0.4) is 0 Å². The summed E-state index contributed by atoms with van der Waals surface area (Å²) in [6, 6.07) is 11.9. The van der Waals surface area contributed by atoms with Crippen LogP contribution in [0.1, 0.15) is 10.4 Å². The van der Waals surface area contributed by atoms with E-state index in [0.29, 0.717) is 5.56 Å². The van der Waals surface area contributed by atoms with Gasteiger partial charge in [0.05, 0.1) is 12.9 Å². The van der Waals surface area contributed by atoms with E-state index in [1.54, 1.807) is 6.07 Å². The molecule has 2 rings (SSSR count). The largest absolute Gasteiger partial charge is 0.494 e. The van der Waals surface area contributed by atoms with Gasteiger partial charge in [-0.2, -0.15) is 0 Å². The van der Waals surface area contributed by atoms with Crippen LogP contribution in [0.5, 0.6) is 5.75 Å². The normalized spacial score (nSPS) is 10.3. The summed E-state index contributed by atoms with van der Waals surface area (Å²) in [7, 11) is 1.39. The average Bonchev–Trinajstić information content (AvgIpc) is 2.44. The SMILES string of the molecule is COc1ccc(C(=O)CSc2cccc(Br)c2)cc1F. The topological polar surface area (TPSA) is 26.3 Å². The number of methoxy groups -OCH3 is 1. The van der Waals surface area contributed by atoms with Gasteiger partial charge in [0.25, 0.3) is 0 Å². The van der Waals surface area contributed by atoms with Crippen molar-refractivity contribution in [3.63, 3.8) is 0 Å². The van der Waals surface area contributed by atoms with E-state index in [0.717, 1.165) is 9.37 Å². The van der Waals surface area contributed by atoms with Crippen molar-refractivity contribution >= 4 is 33.5 Å². The Labute approximate surface area is 129 Å². The maximum absolute atomic E-state index is 13.5. The predicted octanol–water partition coefficient (Wildman–Crippen LogP) is 4.57. The molecule has 104 valence electrons. The highest BCUT2D eigenvalue weighted by Crippen LogP contribution is 2.24. The van der Waals surface area contributed by atoms with Crippen LogP contribution in [0.25, 0.3) is 0 Å². The van der Waals surface area contributed by atoms with Gasteiger partial charge < -0.3 is 4.74 Å².